The number of benzene rings is 1. The van der Waals surface area contributed by atoms with Crippen LogP contribution in [0.4, 0.5) is 0 Å². The number of rotatable bonds is 7. The van der Waals surface area contributed by atoms with Gasteiger partial charge >= 0.3 is 5.97 Å². The van der Waals surface area contributed by atoms with Crippen LogP contribution in [0.3, 0.4) is 0 Å². The van der Waals surface area contributed by atoms with Crippen molar-refractivity contribution in [1.29, 1.82) is 0 Å². The summed E-state index contributed by atoms with van der Waals surface area (Å²) in [7, 11) is 0. The van der Waals surface area contributed by atoms with Crippen molar-refractivity contribution in [3.8, 4) is 5.75 Å². The molecule has 0 radical (unpaired) electrons. The van der Waals surface area contributed by atoms with Crippen molar-refractivity contribution >= 4 is 17.3 Å². The van der Waals surface area contributed by atoms with Gasteiger partial charge in [0.2, 0.25) is 0 Å². The van der Waals surface area contributed by atoms with Gasteiger partial charge in [0.1, 0.15) is 5.75 Å². The van der Waals surface area contributed by atoms with E-state index in [1.807, 2.05) is 18.5 Å². The van der Waals surface area contributed by atoms with Gasteiger partial charge in [0, 0.05) is 11.3 Å². The normalized spacial score (nSPS) is 16.0. The first-order chi connectivity index (χ1) is 11.7. The fraction of sp³-hybridized carbons (Fsp3) is 0.474. The maximum absolute atomic E-state index is 11.7. The Labute approximate surface area is 146 Å². The number of ether oxygens (including phenoxy) is 2. The highest BCUT2D eigenvalue weighted by Crippen LogP contribution is 2.37. The Hall–Kier alpha value is -1.88. The Bertz CT molecular complexity index is 710. The van der Waals surface area contributed by atoms with Gasteiger partial charge in [-0.3, -0.25) is 4.79 Å². The van der Waals surface area contributed by atoms with Gasteiger partial charge in [-0.25, -0.2) is 4.98 Å². The minimum absolute atomic E-state index is 0.102. The summed E-state index contributed by atoms with van der Waals surface area (Å²) in [5, 5.41) is 0. The summed E-state index contributed by atoms with van der Waals surface area (Å²) in [6.45, 7) is 5.02. The lowest BCUT2D eigenvalue weighted by Gasteiger charge is -2.12. The van der Waals surface area contributed by atoms with Gasteiger partial charge in [0.05, 0.1) is 30.8 Å². The number of hydrogen-bond donors (Lipinski definition) is 0. The lowest BCUT2D eigenvalue weighted by atomic mass is 9.98. The molecular weight excluding hydrogens is 322 g/mol. The molecule has 128 valence electrons. The van der Waals surface area contributed by atoms with Crippen LogP contribution < -0.4 is 4.74 Å². The van der Waals surface area contributed by atoms with Crippen molar-refractivity contribution in [3.63, 3.8) is 0 Å². The highest BCUT2D eigenvalue weighted by atomic mass is 32.1. The first kappa shape index (κ1) is 17.0. The van der Waals surface area contributed by atoms with E-state index in [1.54, 1.807) is 11.3 Å². The number of esters is 1. The van der Waals surface area contributed by atoms with Crippen molar-refractivity contribution in [3.05, 3.63) is 45.4 Å². The minimum atomic E-state index is -0.102. The van der Waals surface area contributed by atoms with E-state index in [1.165, 1.54) is 16.0 Å². The topological polar surface area (TPSA) is 48.4 Å². The first-order valence-corrected chi connectivity index (χ1v) is 9.35. The van der Waals surface area contributed by atoms with E-state index in [-0.39, 0.29) is 11.9 Å². The number of carbonyl (C=O) groups excluding carboxylic acids is 1. The van der Waals surface area contributed by atoms with Gasteiger partial charge in [-0.05, 0) is 55.9 Å². The molecule has 1 aromatic carbocycles. The first-order valence-electron chi connectivity index (χ1n) is 8.47. The maximum Gasteiger partial charge on any atom is 0.306 e. The predicted octanol–water partition coefficient (Wildman–Crippen LogP) is 4.06. The van der Waals surface area contributed by atoms with Crippen molar-refractivity contribution < 1.29 is 14.3 Å². The van der Waals surface area contributed by atoms with Gasteiger partial charge in [-0.2, -0.15) is 0 Å². The molecule has 0 saturated heterocycles. The highest BCUT2D eigenvalue weighted by Gasteiger charge is 2.25. The molecule has 1 heterocycles. The average Bonchev–Trinajstić information content (AvgIpc) is 3.14. The molecule has 3 rings (SSSR count). The van der Waals surface area contributed by atoms with Gasteiger partial charge < -0.3 is 9.47 Å². The lowest BCUT2D eigenvalue weighted by Crippen LogP contribution is -2.08. The highest BCUT2D eigenvalue weighted by molar-refractivity contribution is 7.09. The smallest absolute Gasteiger partial charge is 0.306 e. The van der Waals surface area contributed by atoms with Crippen LogP contribution in [-0.4, -0.2) is 24.2 Å². The molecule has 1 atom stereocenters. The Balaban J connectivity index is 1.57. The molecule has 0 aliphatic heterocycles. The number of carbonyl (C=O) groups is 1. The summed E-state index contributed by atoms with van der Waals surface area (Å²) in [5.41, 5.74) is 5.57. The Morgan fingerprint density at radius 1 is 1.42 bits per heavy atom. The van der Waals surface area contributed by atoms with Crippen molar-refractivity contribution in [2.24, 2.45) is 0 Å². The van der Waals surface area contributed by atoms with Crippen LogP contribution >= 0.6 is 11.3 Å². The van der Waals surface area contributed by atoms with Gasteiger partial charge in [0.15, 0.2) is 0 Å². The fourth-order valence-electron chi connectivity index (χ4n) is 3.24. The van der Waals surface area contributed by atoms with E-state index >= 15 is 0 Å². The molecule has 1 aliphatic carbocycles. The predicted molar refractivity (Wildman–Crippen MR) is 94.8 cm³/mol. The zero-order chi connectivity index (χ0) is 16.9. The summed E-state index contributed by atoms with van der Waals surface area (Å²) >= 11 is 1.67. The molecule has 2 aromatic rings. The third kappa shape index (κ3) is 3.96. The second-order valence-corrected chi connectivity index (χ2v) is 7.12. The molecule has 0 unspecified atom stereocenters. The number of hydrogen-bond acceptors (Lipinski definition) is 5. The standard InChI is InChI=1S/C19H23NO3S/c1-3-22-19(21)11-15-5-4-14-10-16(6-7-17(14)15)23-9-8-18-13(2)24-12-20-18/h6-7,10,12,15H,3-5,8-9,11H2,1-2H3/t15-/m0/s1. The van der Waals surface area contributed by atoms with E-state index in [0.717, 1.165) is 30.7 Å². The zero-order valence-corrected chi connectivity index (χ0v) is 15.0. The molecular formula is C19H23NO3S. The van der Waals surface area contributed by atoms with E-state index < -0.39 is 0 Å². The van der Waals surface area contributed by atoms with Gasteiger partial charge in [0.25, 0.3) is 0 Å². The van der Waals surface area contributed by atoms with Crippen LogP contribution in [0.5, 0.6) is 5.75 Å². The summed E-state index contributed by atoms with van der Waals surface area (Å²) in [4.78, 5) is 17.3. The molecule has 0 spiro atoms. The molecule has 0 saturated carbocycles. The third-order valence-electron chi connectivity index (χ3n) is 4.49. The third-order valence-corrected chi connectivity index (χ3v) is 5.29. The van der Waals surface area contributed by atoms with Crippen LogP contribution in [0.1, 0.15) is 47.4 Å². The summed E-state index contributed by atoms with van der Waals surface area (Å²) in [6.07, 6.45) is 3.32. The average molecular weight is 345 g/mol. The van der Waals surface area contributed by atoms with Gasteiger partial charge in [-0.15, -0.1) is 11.3 Å². The van der Waals surface area contributed by atoms with Gasteiger partial charge in [-0.1, -0.05) is 6.07 Å². The summed E-state index contributed by atoms with van der Waals surface area (Å²) < 4.78 is 11.0. The number of aromatic nitrogens is 1. The number of nitrogens with zero attached hydrogens (tertiary/aromatic N) is 1. The van der Waals surface area contributed by atoms with E-state index in [9.17, 15) is 4.79 Å². The second-order valence-electron chi connectivity index (χ2n) is 6.06. The van der Waals surface area contributed by atoms with E-state index in [0.29, 0.717) is 19.6 Å². The van der Waals surface area contributed by atoms with Crippen LogP contribution in [0.25, 0.3) is 0 Å². The van der Waals surface area contributed by atoms with Crippen LogP contribution in [0.15, 0.2) is 23.7 Å². The number of thiazole rings is 1. The molecule has 5 heteroatoms. The molecule has 1 aromatic heterocycles. The maximum atomic E-state index is 11.7. The van der Waals surface area contributed by atoms with E-state index in [4.69, 9.17) is 9.47 Å². The van der Waals surface area contributed by atoms with Crippen molar-refractivity contribution in [2.45, 2.75) is 45.4 Å². The monoisotopic (exact) mass is 345 g/mol. The second kappa shape index (κ2) is 7.79. The largest absolute Gasteiger partial charge is 0.493 e. The van der Waals surface area contributed by atoms with E-state index in [2.05, 4.69) is 24.0 Å². The summed E-state index contributed by atoms with van der Waals surface area (Å²) in [5.74, 6) is 1.08. The van der Waals surface area contributed by atoms with Crippen LogP contribution in [-0.2, 0) is 22.4 Å². The molecule has 24 heavy (non-hydrogen) atoms. The fourth-order valence-corrected chi connectivity index (χ4v) is 3.87. The molecule has 0 amide bonds. The van der Waals surface area contributed by atoms with Crippen molar-refractivity contribution in [1.82, 2.24) is 4.98 Å². The molecule has 0 bridgehead atoms. The molecule has 1 aliphatic rings. The Kier molecular flexibility index (Phi) is 5.51. The molecule has 0 N–H and O–H groups in total. The summed E-state index contributed by atoms with van der Waals surface area (Å²) in [6, 6.07) is 6.24. The molecule has 0 fully saturated rings. The quantitative estimate of drug-likeness (QED) is 0.710. The number of fused-ring (bicyclic) bond motifs is 1. The Morgan fingerprint density at radius 2 is 2.29 bits per heavy atom. The minimum Gasteiger partial charge on any atom is -0.493 e. The molecule has 4 nitrogen and oxygen atoms in total. The number of aryl methyl sites for hydroxylation is 2. The van der Waals surface area contributed by atoms with Crippen LogP contribution in [0.2, 0.25) is 0 Å². The SMILES string of the molecule is CCOC(=O)C[C@@H]1CCc2cc(OCCc3ncsc3C)ccc21. The zero-order valence-electron chi connectivity index (χ0n) is 14.2. The van der Waals surface area contributed by atoms with Crippen LogP contribution in [0, 0.1) is 6.92 Å². The lowest BCUT2D eigenvalue weighted by molar-refractivity contribution is -0.143. The Morgan fingerprint density at radius 3 is 3.04 bits per heavy atom. The van der Waals surface area contributed by atoms with Crippen molar-refractivity contribution in [2.75, 3.05) is 13.2 Å².